The highest BCUT2D eigenvalue weighted by molar-refractivity contribution is 7.26. The molecule has 0 aliphatic rings. The second kappa shape index (κ2) is 11.0. The summed E-state index contributed by atoms with van der Waals surface area (Å²) < 4.78 is 7.91. The summed E-state index contributed by atoms with van der Waals surface area (Å²) in [4.78, 5) is 2.43. The van der Waals surface area contributed by atoms with Crippen LogP contribution in [-0.2, 0) is 0 Å². The molecule has 3 aromatic heterocycles. The predicted molar refractivity (Wildman–Crippen MR) is 223 cm³/mol. The summed E-state index contributed by atoms with van der Waals surface area (Å²) in [6.07, 6.45) is 0. The van der Waals surface area contributed by atoms with Crippen molar-refractivity contribution < 1.29 is 0 Å². The molecule has 0 saturated carbocycles. The zero-order valence-electron chi connectivity index (χ0n) is 26.8. The van der Waals surface area contributed by atoms with E-state index in [0.717, 1.165) is 17.1 Å². The average molecular weight is 690 g/mol. The number of anilines is 3. The van der Waals surface area contributed by atoms with Crippen LogP contribution in [0.1, 0.15) is 0 Å². The first-order chi connectivity index (χ1) is 24.8. The fraction of sp³-hybridized carbons (Fsp3) is 0. The molecule has 50 heavy (non-hydrogen) atoms. The van der Waals surface area contributed by atoms with Crippen molar-refractivity contribution >= 4 is 122 Å². The Balaban J connectivity index is 1.12. The summed E-state index contributed by atoms with van der Waals surface area (Å²) in [5.41, 5.74) is 6.01. The molecule has 0 bridgehead atoms. The Kier molecular flexibility index (Phi) is 6.23. The molecule has 0 aliphatic carbocycles. The van der Waals surface area contributed by atoms with Crippen molar-refractivity contribution in [1.82, 2.24) is 0 Å². The molecule has 4 heteroatoms. The molecule has 11 rings (SSSR count). The molecule has 11 aromatic rings. The molecule has 234 valence electrons. The third kappa shape index (κ3) is 4.29. The largest absolute Gasteiger partial charge is 0.310 e. The van der Waals surface area contributed by atoms with Gasteiger partial charge in [-0.3, -0.25) is 0 Å². The number of benzene rings is 8. The molecule has 0 saturated heterocycles. The lowest BCUT2D eigenvalue weighted by Gasteiger charge is -2.26. The van der Waals surface area contributed by atoms with E-state index in [1.807, 2.05) is 34.0 Å². The molecule has 0 N–H and O–H groups in total. The van der Waals surface area contributed by atoms with E-state index in [1.165, 1.54) is 82.4 Å². The first kappa shape index (κ1) is 28.3. The van der Waals surface area contributed by atoms with Crippen molar-refractivity contribution in [1.29, 1.82) is 0 Å². The molecule has 0 spiro atoms. The van der Waals surface area contributed by atoms with E-state index in [9.17, 15) is 0 Å². The van der Waals surface area contributed by atoms with Gasteiger partial charge >= 0.3 is 0 Å². The van der Waals surface area contributed by atoms with E-state index in [4.69, 9.17) is 0 Å². The van der Waals surface area contributed by atoms with E-state index in [1.54, 1.807) is 0 Å². The van der Waals surface area contributed by atoms with Crippen molar-refractivity contribution in [3.63, 3.8) is 0 Å². The molecule has 0 atom stereocenters. The van der Waals surface area contributed by atoms with Gasteiger partial charge in [0.25, 0.3) is 0 Å². The van der Waals surface area contributed by atoms with Crippen molar-refractivity contribution in [2.75, 3.05) is 4.90 Å². The molecule has 0 aliphatic heterocycles. The standard InChI is InChI=1S/C46H27NS3/c1-2-10-33-29(9-1)25-44-46(38-13-5-8-16-41(38)50-44)45(33)28-17-19-30(20-18-28)47(31-21-23-36-34-11-3-6-14-39(34)48-42(36)26-31)32-22-24-37-35-12-4-7-15-40(35)49-43(37)27-32/h1-27H. The quantitative estimate of drug-likeness (QED) is 0.178. The third-order valence-electron chi connectivity index (χ3n) is 10.0. The minimum absolute atomic E-state index is 1.14. The van der Waals surface area contributed by atoms with Crippen LogP contribution >= 0.6 is 34.0 Å². The minimum Gasteiger partial charge on any atom is -0.310 e. The van der Waals surface area contributed by atoms with Crippen LogP contribution in [0.3, 0.4) is 0 Å². The normalized spacial score (nSPS) is 12.0. The van der Waals surface area contributed by atoms with Gasteiger partial charge in [-0.15, -0.1) is 34.0 Å². The Bertz CT molecular complexity index is 2990. The number of fused-ring (bicyclic) bond motifs is 10. The van der Waals surface area contributed by atoms with E-state index < -0.39 is 0 Å². The zero-order valence-corrected chi connectivity index (χ0v) is 29.2. The van der Waals surface area contributed by atoms with Crippen molar-refractivity contribution in [3.8, 4) is 11.1 Å². The van der Waals surface area contributed by atoms with E-state index in [-0.39, 0.29) is 0 Å². The molecular weight excluding hydrogens is 663 g/mol. The van der Waals surface area contributed by atoms with Gasteiger partial charge in [0.15, 0.2) is 0 Å². The highest BCUT2D eigenvalue weighted by atomic mass is 32.1. The Morgan fingerprint density at radius 1 is 0.320 bits per heavy atom. The lowest BCUT2D eigenvalue weighted by Crippen LogP contribution is -2.09. The van der Waals surface area contributed by atoms with Gasteiger partial charge in [0, 0.05) is 77.6 Å². The topological polar surface area (TPSA) is 3.24 Å². The highest BCUT2D eigenvalue weighted by Gasteiger charge is 2.19. The van der Waals surface area contributed by atoms with Crippen LogP contribution in [0, 0.1) is 0 Å². The summed E-state index contributed by atoms with van der Waals surface area (Å²) in [6, 6.07) is 60.7. The van der Waals surface area contributed by atoms with Gasteiger partial charge in [-0.1, -0.05) is 103 Å². The predicted octanol–water partition coefficient (Wildman–Crippen LogP) is 15.1. The second-order valence-corrected chi connectivity index (χ2v) is 16.1. The fourth-order valence-corrected chi connectivity index (χ4v) is 11.2. The van der Waals surface area contributed by atoms with Gasteiger partial charge in [-0.05, 0) is 82.6 Å². The average Bonchev–Trinajstić information content (AvgIpc) is 3.85. The molecular formula is C46H27NS3. The van der Waals surface area contributed by atoms with Gasteiger partial charge in [-0.25, -0.2) is 0 Å². The third-order valence-corrected chi connectivity index (χ3v) is 13.4. The molecule has 0 radical (unpaired) electrons. The van der Waals surface area contributed by atoms with E-state index in [2.05, 4.69) is 169 Å². The van der Waals surface area contributed by atoms with Crippen molar-refractivity contribution in [2.45, 2.75) is 0 Å². The van der Waals surface area contributed by atoms with Crippen LogP contribution < -0.4 is 4.90 Å². The Morgan fingerprint density at radius 2 is 0.780 bits per heavy atom. The lowest BCUT2D eigenvalue weighted by molar-refractivity contribution is 1.30. The van der Waals surface area contributed by atoms with Crippen molar-refractivity contribution in [3.05, 3.63) is 164 Å². The zero-order chi connectivity index (χ0) is 32.8. The molecule has 0 amide bonds. The van der Waals surface area contributed by atoms with Gasteiger partial charge in [-0.2, -0.15) is 0 Å². The van der Waals surface area contributed by atoms with Crippen LogP contribution in [0.15, 0.2) is 164 Å². The number of hydrogen-bond donors (Lipinski definition) is 0. The maximum absolute atomic E-state index is 2.43. The van der Waals surface area contributed by atoms with Crippen LogP contribution in [-0.4, -0.2) is 0 Å². The number of nitrogens with zero attached hydrogens (tertiary/aromatic N) is 1. The Hall–Kier alpha value is -5.52. The van der Waals surface area contributed by atoms with Crippen LogP contribution in [0.2, 0.25) is 0 Å². The van der Waals surface area contributed by atoms with Crippen LogP contribution in [0.5, 0.6) is 0 Å². The highest BCUT2D eigenvalue weighted by Crippen LogP contribution is 2.46. The maximum atomic E-state index is 2.43. The first-order valence-corrected chi connectivity index (χ1v) is 19.3. The van der Waals surface area contributed by atoms with Gasteiger partial charge in [0.05, 0.1) is 0 Å². The van der Waals surface area contributed by atoms with Gasteiger partial charge in [0.2, 0.25) is 0 Å². The number of rotatable bonds is 4. The smallest absolute Gasteiger partial charge is 0.0476 e. The minimum atomic E-state index is 1.14. The van der Waals surface area contributed by atoms with Crippen molar-refractivity contribution in [2.24, 2.45) is 0 Å². The molecule has 0 fully saturated rings. The summed E-state index contributed by atoms with van der Waals surface area (Å²) in [7, 11) is 0. The Morgan fingerprint density at radius 3 is 1.40 bits per heavy atom. The van der Waals surface area contributed by atoms with E-state index in [0.29, 0.717) is 0 Å². The second-order valence-electron chi connectivity index (χ2n) is 12.9. The summed E-state index contributed by atoms with van der Waals surface area (Å²) in [6.45, 7) is 0. The summed E-state index contributed by atoms with van der Waals surface area (Å²) in [5.74, 6) is 0. The van der Waals surface area contributed by atoms with Crippen LogP contribution in [0.4, 0.5) is 17.1 Å². The van der Waals surface area contributed by atoms with Gasteiger partial charge in [0.1, 0.15) is 0 Å². The first-order valence-electron chi connectivity index (χ1n) is 16.8. The number of thiophene rings is 3. The lowest BCUT2D eigenvalue weighted by atomic mass is 9.93. The fourth-order valence-electron chi connectivity index (χ4n) is 7.78. The SMILES string of the molecule is c1ccc2c(-c3ccc(N(c4ccc5c(c4)sc4ccccc45)c4ccc5c(c4)sc4ccccc45)cc3)c3c(cc2c1)sc1ccccc13. The molecule has 3 heterocycles. The number of hydrogen-bond acceptors (Lipinski definition) is 4. The molecule has 0 unspecified atom stereocenters. The molecule has 8 aromatic carbocycles. The maximum Gasteiger partial charge on any atom is 0.0476 e. The monoisotopic (exact) mass is 689 g/mol. The van der Waals surface area contributed by atoms with E-state index >= 15 is 0 Å². The Labute approximate surface area is 300 Å². The van der Waals surface area contributed by atoms with Crippen LogP contribution in [0.25, 0.3) is 82.4 Å². The summed E-state index contributed by atoms with van der Waals surface area (Å²) in [5, 5.41) is 10.5. The molecule has 1 nitrogen and oxygen atoms in total. The summed E-state index contributed by atoms with van der Waals surface area (Å²) >= 11 is 5.62. The van der Waals surface area contributed by atoms with Gasteiger partial charge < -0.3 is 4.90 Å².